The van der Waals surface area contributed by atoms with Crippen molar-refractivity contribution in [2.75, 3.05) is 33.0 Å². The molecule has 0 atom stereocenters. The summed E-state index contributed by atoms with van der Waals surface area (Å²) in [7, 11) is 3.35. The Balaban J connectivity index is 2.86. The molecule has 6 heteroatoms. The minimum atomic E-state index is -0.492. The van der Waals surface area contributed by atoms with Gasteiger partial charge in [-0.15, -0.1) is 0 Å². The number of aryl methyl sites for hydroxylation is 1. The number of hydrogen-bond acceptors (Lipinski definition) is 5. The van der Waals surface area contributed by atoms with E-state index in [1.54, 1.807) is 0 Å². The summed E-state index contributed by atoms with van der Waals surface area (Å²) in [5.74, 6) is 0.611. The van der Waals surface area contributed by atoms with Crippen LogP contribution in [0.2, 0.25) is 0 Å². The second-order valence-corrected chi connectivity index (χ2v) is 3.93. The van der Waals surface area contributed by atoms with Crippen LogP contribution in [0.25, 0.3) is 0 Å². The number of aromatic nitrogens is 2. The van der Waals surface area contributed by atoms with Crippen molar-refractivity contribution in [1.29, 1.82) is 0 Å². The highest BCUT2D eigenvalue weighted by Crippen LogP contribution is 2.14. The van der Waals surface area contributed by atoms with E-state index in [0.29, 0.717) is 12.4 Å². The molecule has 96 valence electrons. The van der Waals surface area contributed by atoms with Crippen molar-refractivity contribution in [3.63, 3.8) is 0 Å². The van der Waals surface area contributed by atoms with Crippen LogP contribution in [0.4, 0.5) is 5.82 Å². The lowest BCUT2D eigenvalue weighted by Gasteiger charge is -2.15. The number of nitrogen functional groups attached to an aromatic ring is 1. The van der Waals surface area contributed by atoms with Crippen molar-refractivity contribution >= 4 is 11.8 Å². The summed E-state index contributed by atoms with van der Waals surface area (Å²) < 4.78 is 6.46. The van der Waals surface area contributed by atoms with Crippen LogP contribution in [-0.2, 0) is 11.3 Å². The van der Waals surface area contributed by atoms with E-state index in [1.165, 1.54) is 7.11 Å². The number of imidazole rings is 1. The average Bonchev–Trinajstić information content (AvgIpc) is 2.61. The average molecular weight is 240 g/mol. The van der Waals surface area contributed by atoms with E-state index < -0.39 is 5.97 Å². The van der Waals surface area contributed by atoms with Crippen LogP contribution in [0.15, 0.2) is 0 Å². The SMILES string of the molecule is CCN(C)CCn1c(C)nc(C(=O)OC)c1N. The van der Waals surface area contributed by atoms with Crippen molar-refractivity contribution < 1.29 is 9.53 Å². The fourth-order valence-corrected chi connectivity index (χ4v) is 1.54. The Hall–Kier alpha value is -1.56. The zero-order valence-electron chi connectivity index (χ0n) is 10.9. The fraction of sp³-hybridized carbons (Fsp3) is 0.636. The minimum absolute atomic E-state index is 0.198. The number of carbonyl (C=O) groups is 1. The van der Waals surface area contributed by atoms with Crippen LogP contribution >= 0.6 is 0 Å². The van der Waals surface area contributed by atoms with Crippen LogP contribution in [0.1, 0.15) is 23.2 Å². The molecule has 0 aliphatic heterocycles. The van der Waals surface area contributed by atoms with Crippen LogP contribution in [0, 0.1) is 6.92 Å². The van der Waals surface area contributed by atoms with Gasteiger partial charge < -0.3 is 19.9 Å². The molecule has 0 spiro atoms. The highest BCUT2D eigenvalue weighted by Gasteiger charge is 2.18. The second-order valence-electron chi connectivity index (χ2n) is 3.93. The maximum absolute atomic E-state index is 11.4. The molecule has 2 N–H and O–H groups in total. The monoisotopic (exact) mass is 240 g/mol. The van der Waals surface area contributed by atoms with E-state index in [9.17, 15) is 4.79 Å². The maximum atomic E-state index is 11.4. The highest BCUT2D eigenvalue weighted by atomic mass is 16.5. The summed E-state index contributed by atoms with van der Waals surface area (Å²) in [4.78, 5) is 17.7. The first-order valence-electron chi connectivity index (χ1n) is 5.60. The predicted octanol–water partition coefficient (Wildman–Crippen LogP) is 0.512. The normalized spacial score (nSPS) is 10.9. The number of rotatable bonds is 5. The Bertz CT molecular complexity index is 400. The molecular formula is C11H20N4O2. The van der Waals surface area contributed by atoms with Crippen molar-refractivity contribution in [2.45, 2.75) is 20.4 Å². The molecule has 0 radical (unpaired) electrons. The molecule has 1 heterocycles. The lowest BCUT2D eigenvalue weighted by Crippen LogP contribution is -2.23. The molecular weight excluding hydrogens is 220 g/mol. The molecule has 1 rings (SSSR count). The number of anilines is 1. The predicted molar refractivity (Wildman–Crippen MR) is 65.9 cm³/mol. The van der Waals surface area contributed by atoms with Crippen molar-refractivity contribution in [3.05, 3.63) is 11.5 Å². The molecule has 0 fully saturated rings. The molecule has 0 aliphatic carbocycles. The molecule has 0 unspecified atom stereocenters. The molecule has 0 saturated carbocycles. The van der Waals surface area contributed by atoms with Crippen LogP contribution in [0.5, 0.6) is 0 Å². The smallest absolute Gasteiger partial charge is 0.360 e. The second kappa shape index (κ2) is 5.67. The van der Waals surface area contributed by atoms with Crippen molar-refractivity contribution in [2.24, 2.45) is 0 Å². The highest BCUT2D eigenvalue weighted by molar-refractivity contribution is 5.92. The number of hydrogen-bond donors (Lipinski definition) is 1. The first-order chi connectivity index (χ1) is 8.01. The van der Waals surface area contributed by atoms with Gasteiger partial charge in [0.2, 0.25) is 0 Å². The summed E-state index contributed by atoms with van der Waals surface area (Å²) in [5.41, 5.74) is 6.09. The minimum Gasteiger partial charge on any atom is -0.464 e. The number of methoxy groups -OCH3 is 1. The van der Waals surface area contributed by atoms with Gasteiger partial charge >= 0.3 is 5.97 Å². The third-order valence-corrected chi connectivity index (χ3v) is 2.82. The van der Waals surface area contributed by atoms with Gasteiger partial charge in [0.15, 0.2) is 5.69 Å². The van der Waals surface area contributed by atoms with Gasteiger partial charge in [-0.2, -0.15) is 0 Å². The van der Waals surface area contributed by atoms with E-state index in [4.69, 9.17) is 5.73 Å². The summed E-state index contributed by atoms with van der Waals surface area (Å²) in [6.07, 6.45) is 0. The first-order valence-corrected chi connectivity index (χ1v) is 5.60. The lowest BCUT2D eigenvalue weighted by molar-refractivity contribution is 0.0595. The van der Waals surface area contributed by atoms with Gasteiger partial charge in [0.25, 0.3) is 0 Å². The van der Waals surface area contributed by atoms with E-state index in [0.717, 1.165) is 18.9 Å². The van der Waals surface area contributed by atoms with Crippen LogP contribution in [0.3, 0.4) is 0 Å². The Morgan fingerprint density at radius 1 is 1.59 bits per heavy atom. The molecule has 0 aliphatic rings. The Morgan fingerprint density at radius 3 is 2.76 bits per heavy atom. The number of esters is 1. The van der Waals surface area contributed by atoms with E-state index >= 15 is 0 Å². The van der Waals surface area contributed by atoms with Gasteiger partial charge in [-0.25, -0.2) is 9.78 Å². The Labute approximate surface area is 101 Å². The van der Waals surface area contributed by atoms with Crippen LogP contribution < -0.4 is 5.73 Å². The zero-order valence-corrected chi connectivity index (χ0v) is 10.9. The summed E-state index contributed by atoms with van der Waals surface area (Å²) in [5, 5.41) is 0. The largest absolute Gasteiger partial charge is 0.464 e. The van der Waals surface area contributed by atoms with Gasteiger partial charge in [0, 0.05) is 13.1 Å². The molecule has 0 bridgehead atoms. The molecule has 6 nitrogen and oxygen atoms in total. The third-order valence-electron chi connectivity index (χ3n) is 2.82. The Morgan fingerprint density at radius 2 is 2.24 bits per heavy atom. The molecule has 17 heavy (non-hydrogen) atoms. The standard InChI is InChI=1S/C11H20N4O2/c1-5-14(3)6-7-15-8(2)13-9(10(15)12)11(16)17-4/h5-7,12H2,1-4H3. The van der Waals surface area contributed by atoms with E-state index in [1.807, 2.05) is 18.5 Å². The number of nitrogens with two attached hydrogens (primary N) is 1. The summed E-state index contributed by atoms with van der Waals surface area (Å²) in [6.45, 7) is 6.46. The van der Waals surface area contributed by atoms with Gasteiger partial charge in [0.05, 0.1) is 7.11 Å². The van der Waals surface area contributed by atoms with Gasteiger partial charge in [-0.05, 0) is 20.5 Å². The Kier molecular flexibility index (Phi) is 4.51. The summed E-state index contributed by atoms with van der Waals surface area (Å²) in [6, 6.07) is 0. The third kappa shape index (κ3) is 2.97. The van der Waals surface area contributed by atoms with Crippen LogP contribution in [-0.4, -0.2) is 47.7 Å². The topological polar surface area (TPSA) is 73.4 Å². The van der Waals surface area contributed by atoms with Crippen molar-refractivity contribution in [1.82, 2.24) is 14.5 Å². The molecule has 1 aromatic rings. The van der Waals surface area contributed by atoms with Gasteiger partial charge in [-0.1, -0.05) is 6.92 Å². The van der Waals surface area contributed by atoms with E-state index in [-0.39, 0.29) is 5.69 Å². The van der Waals surface area contributed by atoms with Crippen molar-refractivity contribution in [3.8, 4) is 0 Å². The number of nitrogens with zero attached hydrogens (tertiary/aromatic N) is 3. The van der Waals surface area contributed by atoms with Gasteiger partial charge in [-0.3, -0.25) is 0 Å². The first kappa shape index (κ1) is 13.5. The maximum Gasteiger partial charge on any atom is 0.360 e. The molecule has 0 aromatic carbocycles. The summed E-state index contributed by atoms with van der Waals surface area (Å²) >= 11 is 0. The number of ether oxygens (including phenoxy) is 1. The quantitative estimate of drug-likeness (QED) is 0.759. The number of carbonyl (C=O) groups excluding carboxylic acids is 1. The fourth-order valence-electron chi connectivity index (χ4n) is 1.54. The molecule has 0 saturated heterocycles. The zero-order chi connectivity index (χ0) is 13.0. The van der Waals surface area contributed by atoms with Gasteiger partial charge in [0.1, 0.15) is 11.6 Å². The molecule has 1 aromatic heterocycles. The van der Waals surface area contributed by atoms with E-state index in [2.05, 4.69) is 21.5 Å². The molecule has 0 amide bonds. The lowest BCUT2D eigenvalue weighted by atomic mass is 10.4. The number of likely N-dealkylation sites (N-methyl/N-ethyl adjacent to an activating group) is 1.